The number of benzene rings is 8. The van der Waals surface area contributed by atoms with Crippen LogP contribution < -0.4 is 4.90 Å². The number of rotatable bonds is 4. The van der Waals surface area contributed by atoms with Crippen molar-refractivity contribution < 1.29 is 0 Å². The molecule has 0 atom stereocenters. The second-order valence-electron chi connectivity index (χ2n) is 13.4. The van der Waals surface area contributed by atoms with Gasteiger partial charge in [0.25, 0.3) is 0 Å². The Morgan fingerprint density at radius 1 is 0.404 bits per heavy atom. The van der Waals surface area contributed by atoms with Crippen molar-refractivity contribution in [2.24, 2.45) is 0 Å². The van der Waals surface area contributed by atoms with Gasteiger partial charge in [-0.1, -0.05) is 141 Å². The lowest BCUT2D eigenvalue weighted by molar-refractivity contribution is 0.660. The molecule has 1 heteroatoms. The van der Waals surface area contributed by atoms with E-state index >= 15 is 0 Å². The van der Waals surface area contributed by atoms with Gasteiger partial charge >= 0.3 is 0 Å². The summed E-state index contributed by atoms with van der Waals surface area (Å²) in [5.74, 6) is 0. The van der Waals surface area contributed by atoms with Gasteiger partial charge in [-0.3, -0.25) is 0 Å². The van der Waals surface area contributed by atoms with E-state index in [4.69, 9.17) is 0 Å². The van der Waals surface area contributed by atoms with Crippen molar-refractivity contribution in [1.29, 1.82) is 0 Å². The van der Waals surface area contributed by atoms with Gasteiger partial charge in [0, 0.05) is 22.1 Å². The molecule has 0 heterocycles. The van der Waals surface area contributed by atoms with Crippen LogP contribution >= 0.6 is 0 Å². The zero-order chi connectivity index (χ0) is 31.7. The predicted molar refractivity (Wildman–Crippen MR) is 201 cm³/mol. The number of hydrogen-bond acceptors (Lipinski definition) is 1. The zero-order valence-corrected chi connectivity index (χ0v) is 27.0. The molecule has 0 radical (unpaired) electrons. The van der Waals surface area contributed by atoms with Gasteiger partial charge in [-0.15, -0.1) is 0 Å². The van der Waals surface area contributed by atoms with E-state index in [2.05, 4.69) is 183 Å². The Bertz CT molecular complexity index is 2520. The molecule has 1 aliphatic carbocycles. The molecule has 0 aliphatic heterocycles. The maximum atomic E-state index is 2.52. The molecule has 1 nitrogen and oxygen atoms in total. The summed E-state index contributed by atoms with van der Waals surface area (Å²) < 4.78 is 0. The summed E-state index contributed by atoms with van der Waals surface area (Å²) in [6, 6.07) is 58.4. The van der Waals surface area contributed by atoms with Crippen molar-refractivity contribution in [3.63, 3.8) is 0 Å². The van der Waals surface area contributed by atoms with Crippen molar-refractivity contribution in [2.75, 3.05) is 4.90 Å². The van der Waals surface area contributed by atoms with Gasteiger partial charge in [0.1, 0.15) is 0 Å². The molecule has 0 unspecified atom stereocenters. The quantitative estimate of drug-likeness (QED) is 0.181. The van der Waals surface area contributed by atoms with Gasteiger partial charge in [0.15, 0.2) is 0 Å². The molecule has 1 aliphatic rings. The Labute approximate surface area is 276 Å². The van der Waals surface area contributed by atoms with Crippen LogP contribution in [0.15, 0.2) is 158 Å². The van der Waals surface area contributed by atoms with Gasteiger partial charge in [0.05, 0.1) is 11.4 Å². The lowest BCUT2D eigenvalue weighted by Gasteiger charge is -2.31. The van der Waals surface area contributed by atoms with E-state index in [1.165, 1.54) is 82.6 Å². The highest BCUT2D eigenvalue weighted by molar-refractivity contribution is 6.13. The van der Waals surface area contributed by atoms with Gasteiger partial charge in [-0.25, -0.2) is 0 Å². The van der Waals surface area contributed by atoms with Crippen molar-refractivity contribution >= 4 is 49.4 Å². The van der Waals surface area contributed by atoms with Gasteiger partial charge < -0.3 is 4.90 Å². The largest absolute Gasteiger partial charge is 0.309 e. The third kappa shape index (κ3) is 4.23. The summed E-state index contributed by atoms with van der Waals surface area (Å²) >= 11 is 0. The van der Waals surface area contributed by atoms with E-state index in [0.29, 0.717) is 0 Å². The Hall–Kier alpha value is -5.66. The lowest BCUT2D eigenvalue weighted by atomic mass is 9.82. The van der Waals surface area contributed by atoms with Crippen molar-refractivity contribution in [3.8, 4) is 22.3 Å². The third-order valence-corrected chi connectivity index (χ3v) is 10.4. The second kappa shape index (κ2) is 10.4. The van der Waals surface area contributed by atoms with Crippen LogP contribution in [0.5, 0.6) is 0 Å². The molecular weight excluding hydrogens is 567 g/mol. The first-order chi connectivity index (χ1) is 23.0. The number of fused-ring (bicyclic) bond motifs is 7. The minimum atomic E-state index is -0.106. The first kappa shape index (κ1) is 27.6. The van der Waals surface area contributed by atoms with Crippen LogP contribution in [-0.4, -0.2) is 0 Å². The monoisotopic (exact) mass is 601 g/mol. The molecule has 0 saturated carbocycles. The molecule has 0 fully saturated rings. The zero-order valence-electron chi connectivity index (χ0n) is 27.0. The SMILES string of the molecule is Cc1ccccc1-c1cc2ccccc2cc1N(c1ccc2c(c1)C(C)(C)c1ccccc1-2)c1cccc2c1ccc1ccccc12. The normalized spacial score (nSPS) is 13.2. The summed E-state index contributed by atoms with van der Waals surface area (Å²) in [7, 11) is 0. The minimum absolute atomic E-state index is 0.106. The summed E-state index contributed by atoms with van der Waals surface area (Å²) in [6.45, 7) is 6.95. The number of aryl methyl sites for hydroxylation is 1. The number of hydrogen-bond donors (Lipinski definition) is 0. The average molecular weight is 602 g/mol. The van der Waals surface area contributed by atoms with Crippen LogP contribution in [0.3, 0.4) is 0 Å². The summed E-state index contributed by atoms with van der Waals surface area (Å²) in [6.07, 6.45) is 0. The van der Waals surface area contributed by atoms with E-state index in [1.54, 1.807) is 0 Å². The van der Waals surface area contributed by atoms with Crippen molar-refractivity contribution in [1.82, 2.24) is 0 Å². The first-order valence-electron chi connectivity index (χ1n) is 16.5. The molecule has 0 N–H and O–H groups in total. The molecule has 0 spiro atoms. The Morgan fingerprint density at radius 2 is 1.06 bits per heavy atom. The maximum absolute atomic E-state index is 2.52. The minimum Gasteiger partial charge on any atom is -0.309 e. The summed E-state index contributed by atoms with van der Waals surface area (Å²) in [4.78, 5) is 2.52. The molecule has 0 amide bonds. The van der Waals surface area contributed by atoms with Crippen LogP contribution in [0.25, 0.3) is 54.6 Å². The van der Waals surface area contributed by atoms with Gasteiger partial charge in [-0.2, -0.15) is 0 Å². The van der Waals surface area contributed by atoms with Crippen molar-refractivity contribution in [3.05, 3.63) is 174 Å². The third-order valence-electron chi connectivity index (χ3n) is 10.4. The standard InChI is InChI=1S/C46H35N/c1-30-13-4-8-17-35(30)41-27-32-15-5-6-16-33(32)28-45(41)47(44-22-12-20-37-36-18-9-7-14-31(36)23-25-40(37)44)34-24-26-39-38-19-10-11-21-42(38)46(2,3)43(39)29-34/h4-29H,1-3H3. The number of nitrogens with zero attached hydrogens (tertiary/aromatic N) is 1. The smallest absolute Gasteiger partial charge is 0.0546 e. The molecule has 0 aromatic heterocycles. The fourth-order valence-corrected chi connectivity index (χ4v) is 7.96. The molecule has 47 heavy (non-hydrogen) atoms. The molecule has 9 rings (SSSR count). The Kier molecular flexibility index (Phi) is 6.14. The highest BCUT2D eigenvalue weighted by Crippen LogP contribution is 2.52. The van der Waals surface area contributed by atoms with Gasteiger partial charge in [-0.05, 0) is 97.6 Å². The Morgan fingerprint density at radius 3 is 1.89 bits per heavy atom. The molecular formula is C46H35N. The molecule has 0 bridgehead atoms. The average Bonchev–Trinajstić information content (AvgIpc) is 3.34. The number of anilines is 3. The van der Waals surface area contributed by atoms with Crippen LogP contribution in [-0.2, 0) is 5.41 Å². The van der Waals surface area contributed by atoms with Gasteiger partial charge in [0.2, 0.25) is 0 Å². The van der Waals surface area contributed by atoms with E-state index in [1.807, 2.05) is 0 Å². The topological polar surface area (TPSA) is 3.24 Å². The van der Waals surface area contributed by atoms with Crippen molar-refractivity contribution in [2.45, 2.75) is 26.2 Å². The van der Waals surface area contributed by atoms with Crippen LogP contribution in [0.2, 0.25) is 0 Å². The van der Waals surface area contributed by atoms with E-state index in [9.17, 15) is 0 Å². The first-order valence-corrected chi connectivity index (χ1v) is 16.5. The molecule has 224 valence electrons. The van der Waals surface area contributed by atoms with E-state index in [-0.39, 0.29) is 5.41 Å². The van der Waals surface area contributed by atoms with Crippen LogP contribution in [0.4, 0.5) is 17.1 Å². The summed E-state index contributed by atoms with van der Waals surface area (Å²) in [5.41, 5.74) is 12.6. The highest BCUT2D eigenvalue weighted by atomic mass is 15.1. The molecule has 8 aromatic rings. The fourth-order valence-electron chi connectivity index (χ4n) is 7.96. The van der Waals surface area contributed by atoms with E-state index < -0.39 is 0 Å². The molecule has 0 saturated heterocycles. The van der Waals surface area contributed by atoms with Crippen LogP contribution in [0, 0.1) is 6.92 Å². The van der Waals surface area contributed by atoms with E-state index in [0.717, 1.165) is 5.69 Å². The Balaban J connectivity index is 1.39. The summed E-state index contributed by atoms with van der Waals surface area (Å²) in [5, 5.41) is 7.49. The second-order valence-corrected chi connectivity index (χ2v) is 13.4. The molecule has 8 aromatic carbocycles. The van der Waals surface area contributed by atoms with Crippen LogP contribution in [0.1, 0.15) is 30.5 Å². The predicted octanol–water partition coefficient (Wildman–Crippen LogP) is 12.9. The lowest BCUT2D eigenvalue weighted by Crippen LogP contribution is -2.17. The maximum Gasteiger partial charge on any atom is 0.0546 e. The highest BCUT2D eigenvalue weighted by Gasteiger charge is 2.36. The fraction of sp³-hybridized carbons (Fsp3) is 0.0870.